The highest BCUT2D eigenvalue weighted by atomic mass is 32.2. The van der Waals surface area contributed by atoms with Crippen molar-refractivity contribution < 1.29 is 19.4 Å². The average molecular weight is 385 g/mol. The van der Waals surface area contributed by atoms with E-state index in [-0.39, 0.29) is 18.2 Å². The third kappa shape index (κ3) is 3.61. The lowest BCUT2D eigenvalue weighted by Gasteiger charge is -2.20. The van der Waals surface area contributed by atoms with Crippen molar-refractivity contribution in [3.05, 3.63) is 69.7 Å². The lowest BCUT2D eigenvalue weighted by molar-refractivity contribution is 0.0525. The number of amides is 1. The molecular formula is C19H19N3O4S. The number of aromatic amines is 1. The molecule has 0 radical (unpaired) electrons. The third-order valence-electron chi connectivity index (χ3n) is 4.03. The lowest BCUT2D eigenvalue weighted by Crippen LogP contribution is -2.29. The first kappa shape index (κ1) is 18.8. The number of aryl methyl sites for hydroxylation is 1. The van der Waals surface area contributed by atoms with E-state index in [1.54, 1.807) is 20.8 Å². The Morgan fingerprint density at radius 1 is 1.26 bits per heavy atom. The third-order valence-corrected chi connectivity index (χ3v) is 4.90. The van der Waals surface area contributed by atoms with Crippen LogP contribution in [0.15, 0.2) is 46.7 Å². The predicted molar refractivity (Wildman–Crippen MR) is 104 cm³/mol. The second kappa shape index (κ2) is 7.71. The Balaban J connectivity index is 1.96. The van der Waals surface area contributed by atoms with Crippen molar-refractivity contribution in [1.82, 2.24) is 9.99 Å². The van der Waals surface area contributed by atoms with Gasteiger partial charge < -0.3 is 14.8 Å². The summed E-state index contributed by atoms with van der Waals surface area (Å²) < 4.78 is 5.05. The van der Waals surface area contributed by atoms with E-state index in [2.05, 4.69) is 10.1 Å². The van der Waals surface area contributed by atoms with Crippen LogP contribution in [0.1, 0.15) is 44.6 Å². The molecule has 0 saturated heterocycles. The normalized spacial score (nSPS) is 13.8. The fourth-order valence-corrected chi connectivity index (χ4v) is 3.48. The predicted octanol–water partition coefficient (Wildman–Crippen LogP) is 3.72. The first-order chi connectivity index (χ1) is 12.9. The molecule has 0 fully saturated rings. The van der Waals surface area contributed by atoms with Crippen molar-refractivity contribution in [1.29, 1.82) is 0 Å². The fraction of sp³-hybridized carbons (Fsp3) is 0.211. The topological polar surface area (TPSA) is 95.0 Å². The molecule has 0 saturated carbocycles. The van der Waals surface area contributed by atoms with E-state index in [9.17, 15) is 14.7 Å². The Hall–Kier alpha value is -3.00. The molecule has 0 aliphatic carbocycles. The van der Waals surface area contributed by atoms with Crippen LogP contribution < -0.4 is 0 Å². The van der Waals surface area contributed by atoms with Crippen LogP contribution in [0.2, 0.25) is 0 Å². The van der Waals surface area contributed by atoms with Gasteiger partial charge in [0, 0.05) is 16.7 Å². The van der Waals surface area contributed by atoms with Gasteiger partial charge in [0.25, 0.3) is 5.91 Å². The number of nitrogens with zero attached hydrogens (tertiary/aromatic N) is 2. The molecule has 2 N–H and O–H groups in total. The monoisotopic (exact) mass is 385 g/mol. The number of hydrazone groups is 1. The molecule has 2 aromatic rings. The summed E-state index contributed by atoms with van der Waals surface area (Å²) in [6.07, 6.45) is 0. The van der Waals surface area contributed by atoms with Crippen LogP contribution in [0.5, 0.6) is 0 Å². The van der Waals surface area contributed by atoms with Crippen molar-refractivity contribution in [2.45, 2.75) is 20.8 Å². The Labute approximate surface area is 160 Å². The zero-order chi connectivity index (χ0) is 19.6. The van der Waals surface area contributed by atoms with Crippen LogP contribution in [-0.2, 0) is 4.74 Å². The van der Waals surface area contributed by atoms with Crippen molar-refractivity contribution in [2.75, 3.05) is 6.61 Å². The van der Waals surface area contributed by atoms with Crippen molar-refractivity contribution in [2.24, 2.45) is 5.10 Å². The van der Waals surface area contributed by atoms with Gasteiger partial charge in [0.1, 0.15) is 10.7 Å². The van der Waals surface area contributed by atoms with E-state index in [1.165, 1.54) is 17.2 Å². The van der Waals surface area contributed by atoms with Gasteiger partial charge >= 0.3 is 5.97 Å². The highest BCUT2D eigenvalue weighted by molar-refractivity contribution is 8.16. The standard InChI is InChI=1S/C19H19N3O4S/c1-4-26-19(25)15-11(2)16(20-12(15)3)18(24)22-14(23)10-27-17(21-22)13-8-6-5-7-9-13/h5-10,20,23H,4H2,1-3H3. The summed E-state index contributed by atoms with van der Waals surface area (Å²) in [6, 6.07) is 9.36. The minimum absolute atomic E-state index is 0.179. The molecule has 1 aliphatic heterocycles. The zero-order valence-electron chi connectivity index (χ0n) is 15.1. The van der Waals surface area contributed by atoms with Crippen LogP contribution in [-0.4, -0.2) is 38.6 Å². The Kier molecular flexibility index (Phi) is 5.36. The van der Waals surface area contributed by atoms with Gasteiger partial charge in [0.2, 0.25) is 5.88 Å². The number of rotatable bonds is 4. The smallest absolute Gasteiger partial charge is 0.340 e. The molecule has 7 nitrogen and oxygen atoms in total. The largest absolute Gasteiger partial charge is 0.493 e. The van der Waals surface area contributed by atoms with Gasteiger partial charge in [-0.05, 0) is 26.3 Å². The number of carbonyl (C=O) groups excluding carboxylic acids is 2. The molecule has 2 heterocycles. The number of esters is 1. The van der Waals surface area contributed by atoms with E-state index >= 15 is 0 Å². The minimum Gasteiger partial charge on any atom is -0.493 e. The molecule has 0 atom stereocenters. The molecule has 3 rings (SSSR count). The van der Waals surface area contributed by atoms with Gasteiger partial charge in [-0.15, -0.1) is 0 Å². The maximum absolute atomic E-state index is 13.0. The number of hydrogen-bond donors (Lipinski definition) is 2. The Bertz CT molecular complexity index is 947. The summed E-state index contributed by atoms with van der Waals surface area (Å²) in [4.78, 5) is 28.0. The van der Waals surface area contributed by atoms with E-state index in [1.807, 2.05) is 30.3 Å². The van der Waals surface area contributed by atoms with Gasteiger partial charge in [-0.1, -0.05) is 42.1 Å². The second-order valence-electron chi connectivity index (χ2n) is 5.83. The second-order valence-corrected chi connectivity index (χ2v) is 6.69. The first-order valence-corrected chi connectivity index (χ1v) is 9.22. The first-order valence-electron chi connectivity index (χ1n) is 8.34. The highest BCUT2D eigenvalue weighted by Crippen LogP contribution is 2.27. The maximum Gasteiger partial charge on any atom is 0.340 e. The fourth-order valence-electron chi connectivity index (χ4n) is 2.76. The van der Waals surface area contributed by atoms with Crippen LogP contribution in [0.25, 0.3) is 0 Å². The SMILES string of the molecule is CCOC(=O)c1c(C)[nH]c(C(=O)N2N=C(c3ccccc3)SC=C2O)c1C. The number of thioether (sulfide) groups is 1. The molecule has 27 heavy (non-hydrogen) atoms. The minimum atomic E-state index is -0.561. The van der Waals surface area contributed by atoms with Crippen molar-refractivity contribution >= 4 is 28.7 Å². The number of aliphatic hydroxyl groups excluding tert-OH is 1. The quantitative estimate of drug-likeness (QED) is 0.782. The molecule has 0 bridgehead atoms. The zero-order valence-corrected chi connectivity index (χ0v) is 16.0. The maximum atomic E-state index is 13.0. The summed E-state index contributed by atoms with van der Waals surface area (Å²) in [7, 11) is 0. The molecule has 140 valence electrons. The number of aliphatic hydroxyl groups is 1. The molecule has 1 aromatic heterocycles. The summed E-state index contributed by atoms with van der Waals surface area (Å²) in [5.41, 5.74) is 2.31. The van der Waals surface area contributed by atoms with Gasteiger partial charge in [-0.3, -0.25) is 4.79 Å². The molecule has 0 unspecified atom stereocenters. The number of benzene rings is 1. The average Bonchev–Trinajstić information content (AvgIpc) is 2.97. The molecule has 1 aliphatic rings. The highest BCUT2D eigenvalue weighted by Gasteiger charge is 2.29. The summed E-state index contributed by atoms with van der Waals surface area (Å²) in [6.45, 7) is 5.31. The number of hydrogen-bond acceptors (Lipinski definition) is 6. The van der Waals surface area contributed by atoms with Crippen molar-refractivity contribution in [3.63, 3.8) is 0 Å². The molecular weight excluding hydrogens is 366 g/mol. The van der Waals surface area contributed by atoms with Crippen LogP contribution in [0.3, 0.4) is 0 Å². The van der Waals surface area contributed by atoms with E-state index in [0.29, 0.717) is 21.9 Å². The Morgan fingerprint density at radius 3 is 2.63 bits per heavy atom. The number of ether oxygens (including phenoxy) is 1. The lowest BCUT2D eigenvalue weighted by atomic mass is 10.1. The van der Waals surface area contributed by atoms with Crippen LogP contribution >= 0.6 is 11.8 Å². The summed E-state index contributed by atoms with van der Waals surface area (Å²) in [5.74, 6) is -1.34. The number of H-pyrrole nitrogens is 1. The van der Waals surface area contributed by atoms with E-state index in [4.69, 9.17) is 4.74 Å². The number of aromatic nitrogens is 1. The summed E-state index contributed by atoms with van der Waals surface area (Å²) in [5, 5.41) is 17.4. The van der Waals surface area contributed by atoms with E-state index < -0.39 is 11.9 Å². The van der Waals surface area contributed by atoms with Gasteiger partial charge in [-0.25, -0.2) is 4.79 Å². The van der Waals surface area contributed by atoms with Crippen molar-refractivity contribution in [3.8, 4) is 0 Å². The molecule has 8 heteroatoms. The van der Waals surface area contributed by atoms with Crippen LogP contribution in [0, 0.1) is 13.8 Å². The molecule has 1 amide bonds. The molecule has 0 spiro atoms. The van der Waals surface area contributed by atoms with Gasteiger partial charge in [0.05, 0.1) is 12.2 Å². The van der Waals surface area contributed by atoms with E-state index in [0.717, 1.165) is 10.6 Å². The Morgan fingerprint density at radius 2 is 1.96 bits per heavy atom. The molecule has 1 aromatic carbocycles. The van der Waals surface area contributed by atoms with Gasteiger partial charge in [-0.2, -0.15) is 10.1 Å². The summed E-state index contributed by atoms with van der Waals surface area (Å²) >= 11 is 1.22. The van der Waals surface area contributed by atoms with Crippen LogP contribution in [0.4, 0.5) is 0 Å². The number of nitrogens with one attached hydrogen (secondary N) is 1. The number of carbonyl (C=O) groups is 2. The van der Waals surface area contributed by atoms with Gasteiger partial charge in [0.15, 0.2) is 0 Å².